The number of likely N-dealkylation sites (N-methyl/N-ethyl adjacent to an activating group) is 1. The highest BCUT2D eigenvalue weighted by Crippen LogP contribution is 2.36. The number of H-pyrrole nitrogens is 1. The second-order valence-corrected chi connectivity index (χ2v) is 5.97. The van der Waals surface area contributed by atoms with E-state index in [4.69, 9.17) is 4.74 Å². The molecule has 0 radical (unpaired) electrons. The lowest BCUT2D eigenvalue weighted by Gasteiger charge is -2.28. The monoisotopic (exact) mass is 328 g/mol. The first kappa shape index (κ1) is 16.0. The SMILES string of the molecule is COc1ccc2c(c1)[C@@H](C(=O)N(C)Cc1ncc(C)[nH]1)CC(=O)N2. The van der Waals surface area contributed by atoms with Crippen molar-refractivity contribution in [3.05, 3.63) is 41.5 Å². The van der Waals surface area contributed by atoms with E-state index < -0.39 is 5.92 Å². The van der Waals surface area contributed by atoms with Crippen molar-refractivity contribution < 1.29 is 14.3 Å². The quantitative estimate of drug-likeness (QED) is 0.896. The van der Waals surface area contributed by atoms with Gasteiger partial charge in [-0.2, -0.15) is 0 Å². The number of aryl methyl sites for hydroxylation is 1. The molecule has 0 aliphatic carbocycles. The van der Waals surface area contributed by atoms with Crippen molar-refractivity contribution in [3.63, 3.8) is 0 Å². The fourth-order valence-electron chi connectivity index (χ4n) is 2.90. The third-order valence-electron chi connectivity index (χ3n) is 4.11. The highest BCUT2D eigenvalue weighted by molar-refractivity contribution is 6.01. The molecule has 24 heavy (non-hydrogen) atoms. The lowest BCUT2D eigenvalue weighted by molar-refractivity contribution is -0.134. The summed E-state index contributed by atoms with van der Waals surface area (Å²) in [5.41, 5.74) is 2.38. The van der Waals surface area contributed by atoms with Crippen molar-refractivity contribution >= 4 is 17.5 Å². The molecule has 3 rings (SSSR count). The van der Waals surface area contributed by atoms with Gasteiger partial charge < -0.3 is 19.9 Å². The van der Waals surface area contributed by atoms with E-state index in [-0.39, 0.29) is 18.2 Å². The number of carbonyl (C=O) groups is 2. The van der Waals surface area contributed by atoms with Gasteiger partial charge in [-0.05, 0) is 30.7 Å². The molecule has 0 fully saturated rings. The van der Waals surface area contributed by atoms with Crippen LogP contribution in [0.4, 0.5) is 5.69 Å². The number of aromatic amines is 1. The van der Waals surface area contributed by atoms with Crippen molar-refractivity contribution in [3.8, 4) is 5.75 Å². The van der Waals surface area contributed by atoms with E-state index in [9.17, 15) is 9.59 Å². The van der Waals surface area contributed by atoms with Gasteiger partial charge in [0.25, 0.3) is 0 Å². The average Bonchev–Trinajstić information content (AvgIpc) is 2.97. The maximum atomic E-state index is 12.9. The molecule has 7 heteroatoms. The van der Waals surface area contributed by atoms with Crippen LogP contribution in [0.3, 0.4) is 0 Å². The number of nitrogens with zero attached hydrogens (tertiary/aromatic N) is 2. The molecule has 0 unspecified atom stereocenters. The molecule has 2 aromatic rings. The number of hydrogen-bond acceptors (Lipinski definition) is 4. The van der Waals surface area contributed by atoms with Crippen LogP contribution in [0, 0.1) is 6.92 Å². The molecule has 1 aromatic heterocycles. The number of nitrogens with one attached hydrogen (secondary N) is 2. The van der Waals surface area contributed by atoms with Gasteiger partial charge in [-0.15, -0.1) is 0 Å². The van der Waals surface area contributed by atoms with Crippen LogP contribution in [0.5, 0.6) is 5.75 Å². The summed E-state index contributed by atoms with van der Waals surface area (Å²) in [6.07, 6.45) is 1.85. The fourth-order valence-corrected chi connectivity index (χ4v) is 2.90. The van der Waals surface area contributed by atoms with Crippen LogP contribution in [0.25, 0.3) is 0 Å². The number of imidazole rings is 1. The van der Waals surface area contributed by atoms with E-state index in [2.05, 4.69) is 15.3 Å². The van der Waals surface area contributed by atoms with E-state index >= 15 is 0 Å². The maximum absolute atomic E-state index is 12.9. The van der Waals surface area contributed by atoms with Gasteiger partial charge in [0.15, 0.2) is 0 Å². The summed E-state index contributed by atoms with van der Waals surface area (Å²) in [6, 6.07) is 5.34. The van der Waals surface area contributed by atoms with Gasteiger partial charge in [0, 0.05) is 31.0 Å². The molecule has 1 atom stereocenters. The van der Waals surface area contributed by atoms with Crippen LogP contribution in [-0.4, -0.2) is 40.8 Å². The largest absolute Gasteiger partial charge is 0.497 e. The molecule has 2 heterocycles. The van der Waals surface area contributed by atoms with Crippen molar-refractivity contribution in [1.29, 1.82) is 0 Å². The molecule has 126 valence electrons. The molecule has 1 aromatic carbocycles. The van der Waals surface area contributed by atoms with E-state index in [0.717, 1.165) is 17.1 Å². The Bertz CT molecular complexity index is 784. The summed E-state index contributed by atoms with van der Waals surface area (Å²) in [7, 11) is 3.29. The first-order valence-electron chi connectivity index (χ1n) is 7.71. The summed E-state index contributed by atoms with van der Waals surface area (Å²) in [5, 5.41) is 2.80. The Kier molecular flexibility index (Phi) is 4.24. The Morgan fingerprint density at radius 2 is 2.25 bits per heavy atom. The van der Waals surface area contributed by atoms with Crippen molar-refractivity contribution in [1.82, 2.24) is 14.9 Å². The topological polar surface area (TPSA) is 87.3 Å². The Labute approximate surface area is 140 Å². The van der Waals surface area contributed by atoms with Crippen LogP contribution >= 0.6 is 0 Å². The summed E-state index contributed by atoms with van der Waals surface area (Å²) in [5.74, 6) is 0.577. The number of fused-ring (bicyclic) bond motifs is 1. The van der Waals surface area contributed by atoms with Gasteiger partial charge in [-0.3, -0.25) is 9.59 Å². The van der Waals surface area contributed by atoms with Crippen molar-refractivity contribution in [2.24, 2.45) is 0 Å². The van der Waals surface area contributed by atoms with Gasteiger partial charge in [0.2, 0.25) is 11.8 Å². The predicted octanol–water partition coefficient (Wildman–Crippen LogP) is 1.81. The van der Waals surface area contributed by atoms with Crippen LogP contribution in [0.1, 0.15) is 29.4 Å². The lowest BCUT2D eigenvalue weighted by Crippen LogP contribution is -2.36. The van der Waals surface area contributed by atoms with E-state index in [1.54, 1.807) is 37.4 Å². The van der Waals surface area contributed by atoms with Gasteiger partial charge in [-0.1, -0.05) is 0 Å². The number of methoxy groups -OCH3 is 1. The van der Waals surface area contributed by atoms with Gasteiger partial charge in [0.1, 0.15) is 11.6 Å². The minimum Gasteiger partial charge on any atom is -0.497 e. The Morgan fingerprint density at radius 3 is 2.92 bits per heavy atom. The van der Waals surface area contributed by atoms with Crippen LogP contribution in [0.2, 0.25) is 0 Å². The molecule has 1 aliphatic heterocycles. The highest BCUT2D eigenvalue weighted by Gasteiger charge is 2.33. The predicted molar refractivity (Wildman–Crippen MR) is 88.8 cm³/mol. The molecule has 2 N–H and O–H groups in total. The Hall–Kier alpha value is -2.83. The first-order chi connectivity index (χ1) is 11.5. The summed E-state index contributed by atoms with van der Waals surface area (Å²) in [4.78, 5) is 33.7. The number of rotatable bonds is 4. The van der Waals surface area contributed by atoms with E-state index in [1.165, 1.54) is 0 Å². The third-order valence-corrected chi connectivity index (χ3v) is 4.11. The number of carbonyl (C=O) groups excluding carboxylic acids is 2. The summed E-state index contributed by atoms with van der Waals surface area (Å²) in [6.45, 7) is 2.27. The van der Waals surface area contributed by atoms with Crippen LogP contribution in [-0.2, 0) is 16.1 Å². The number of ether oxygens (including phenoxy) is 1. The van der Waals surface area contributed by atoms with Crippen LogP contribution < -0.4 is 10.1 Å². The maximum Gasteiger partial charge on any atom is 0.230 e. The van der Waals surface area contributed by atoms with Crippen LogP contribution in [0.15, 0.2) is 24.4 Å². The molecule has 1 aliphatic rings. The summed E-state index contributed by atoms with van der Waals surface area (Å²) < 4.78 is 5.24. The normalized spacial score (nSPS) is 16.3. The molecular formula is C17H20N4O3. The molecule has 0 saturated carbocycles. The number of amides is 2. The Balaban J connectivity index is 1.85. The minimum atomic E-state index is -0.523. The zero-order valence-corrected chi connectivity index (χ0v) is 13.9. The summed E-state index contributed by atoms with van der Waals surface area (Å²) >= 11 is 0. The molecule has 2 amide bonds. The molecule has 0 bridgehead atoms. The smallest absolute Gasteiger partial charge is 0.230 e. The third kappa shape index (κ3) is 3.10. The van der Waals surface area contributed by atoms with E-state index in [1.807, 2.05) is 13.0 Å². The van der Waals surface area contributed by atoms with E-state index in [0.29, 0.717) is 18.0 Å². The molecule has 7 nitrogen and oxygen atoms in total. The lowest BCUT2D eigenvalue weighted by atomic mass is 9.89. The molecular weight excluding hydrogens is 308 g/mol. The number of aromatic nitrogens is 2. The van der Waals surface area contributed by atoms with Gasteiger partial charge in [-0.25, -0.2) is 4.98 Å². The second kappa shape index (κ2) is 6.35. The highest BCUT2D eigenvalue weighted by atomic mass is 16.5. The number of anilines is 1. The second-order valence-electron chi connectivity index (χ2n) is 5.97. The number of hydrogen-bond donors (Lipinski definition) is 2. The zero-order valence-electron chi connectivity index (χ0n) is 13.9. The zero-order chi connectivity index (χ0) is 17.3. The Morgan fingerprint density at radius 1 is 1.46 bits per heavy atom. The van der Waals surface area contributed by atoms with Gasteiger partial charge >= 0.3 is 0 Å². The standard InChI is InChI=1S/C17H20N4O3/c1-10-8-18-15(19-10)9-21(2)17(23)13-7-16(22)20-14-5-4-11(24-3)6-12(13)14/h4-6,8,13H,7,9H2,1-3H3,(H,18,19)(H,20,22)/t13-/m0/s1. The molecule has 0 saturated heterocycles. The fraction of sp³-hybridized carbons (Fsp3) is 0.353. The van der Waals surface area contributed by atoms with Gasteiger partial charge in [0.05, 0.1) is 19.6 Å². The van der Waals surface area contributed by atoms with Crippen molar-refractivity contribution in [2.75, 3.05) is 19.5 Å². The minimum absolute atomic E-state index is 0.117. The van der Waals surface area contributed by atoms with Crippen molar-refractivity contribution in [2.45, 2.75) is 25.8 Å². The molecule has 0 spiro atoms. The average molecular weight is 328 g/mol. The number of benzene rings is 1. The first-order valence-corrected chi connectivity index (χ1v) is 7.71.